The first-order valence-corrected chi connectivity index (χ1v) is 7.89. The smallest absolute Gasteiger partial charge is 0.234 e. The van der Waals surface area contributed by atoms with Crippen LogP contribution in [0.5, 0.6) is 0 Å². The van der Waals surface area contributed by atoms with E-state index in [9.17, 15) is 15.0 Å². The molecule has 0 spiro atoms. The summed E-state index contributed by atoms with van der Waals surface area (Å²) in [5, 5.41) is 22.3. The van der Waals surface area contributed by atoms with Gasteiger partial charge in [-0.1, -0.05) is 24.3 Å². The van der Waals surface area contributed by atoms with E-state index in [1.54, 1.807) is 0 Å². The summed E-state index contributed by atoms with van der Waals surface area (Å²) in [6.07, 6.45) is 1.89. The second-order valence-electron chi connectivity index (χ2n) is 6.22. The molecule has 1 amide bonds. The van der Waals surface area contributed by atoms with Crippen LogP contribution in [0.15, 0.2) is 24.3 Å². The molecule has 0 saturated carbocycles. The lowest BCUT2D eigenvalue weighted by Crippen LogP contribution is -2.39. The number of aliphatic hydroxyl groups excluding tert-OH is 1. The summed E-state index contributed by atoms with van der Waals surface area (Å²) in [7, 11) is 0. The zero-order chi connectivity index (χ0) is 16.0. The van der Waals surface area contributed by atoms with Crippen LogP contribution in [-0.4, -0.2) is 52.9 Å². The summed E-state index contributed by atoms with van der Waals surface area (Å²) in [6.45, 7) is 4.12. The molecule has 5 heteroatoms. The maximum absolute atomic E-state index is 12.1. The fourth-order valence-corrected chi connectivity index (χ4v) is 2.81. The van der Waals surface area contributed by atoms with Crippen LogP contribution < -0.4 is 5.32 Å². The average molecular weight is 306 g/mol. The Hall–Kier alpha value is -1.43. The molecule has 122 valence electrons. The third-order valence-electron chi connectivity index (χ3n) is 4.41. The van der Waals surface area contributed by atoms with Crippen LogP contribution >= 0.6 is 0 Å². The van der Waals surface area contributed by atoms with Crippen molar-refractivity contribution < 1.29 is 15.0 Å². The van der Waals surface area contributed by atoms with Crippen molar-refractivity contribution >= 4 is 5.91 Å². The second-order valence-corrected chi connectivity index (χ2v) is 6.22. The van der Waals surface area contributed by atoms with Crippen molar-refractivity contribution in [2.24, 2.45) is 0 Å². The summed E-state index contributed by atoms with van der Waals surface area (Å²) in [5.74, 6) is -0.00214. The number of aliphatic hydroxyl groups is 2. The molecule has 22 heavy (non-hydrogen) atoms. The molecular formula is C17H26N2O3. The molecule has 2 rings (SSSR count). The summed E-state index contributed by atoms with van der Waals surface area (Å²) < 4.78 is 0. The fourth-order valence-electron chi connectivity index (χ4n) is 2.81. The van der Waals surface area contributed by atoms with Crippen LogP contribution in [0.3, 0.4) is 0 Å². The number of nitrogens with zero attached hydrogens (tertiary/aromatic N) is 1. The molecule has 0 aromatic heterocycles. The van der Waals surface area contributed by atoms with Crippen LogP contribution in [0.2, 0.25) is 0 Å². The Bertz CT molecular complexity index is 506. The molecule has 0 unspecified atom stereocenters. The van der Waals surface area contributed by atoms with Gasteiger partial charge >= 0.3 is 0 Å². The van der Waals surface area contributed by atoms with E-state index in [-0.39, 0.29) is 12.5 Å². The molecule has 1 aliphatic rings. The minimum absolute atomic E-state index is 0.00214. The summed E-state index contributed by atoms with van der Waals surface area (Å²) in [4.78, 5) is 14.1. The molecule has 1 fully saturated rings. The van der Waals surface area contributed by atoms with E-state index in [0.29, 0.717) is 32.5 Å². The molecule has 1 aromatic rings. The number of rotatable bonds is 5. The number of carbonyl (C=O) groups excluding carboxylic acids is 1. The maximum atomic E-state index is 12.1. The van der Waals surface area contributed by atoms with Crippen LogP contribution in [0.25, 0.3) is 0 Å². The Morgan fingerprint density at radius 3 is 2.82 bits per heavy atom. The van der Waals surface area contributed by atoms with Crippen molar-refractivity contribution in [2.75, 3.05) is 26.2 Å². The van der Waals surface area contributed by atoms with Crippen LogP contribution in [0, 0.1) is 6.92 Å². The van der Waals surface area contributed by atoms with Gasteiger partial charge in [0.1, 0.15) is 0 Å². The number of aryl methyl sites for hydroxylation is 1. The van der Waals surface area contributed by atoms with Gasteiger partial charge in [0, 0.05) is 13.1 Å². The van der Waals surface area contributed by atoms with E-state index in [0.717, 1.165) is 18.5 Å². The lowest BCUT2D eigenvalue weighted by atomic mass is 9.96. The highest BCUT2D eigenvalue weighted by Crippen LogP contribution is 2.21. The number of amides is 1. The predicted molar refractivity (Wildman–Crippen MR) is 85.4 cm³/mol. The standard InChI is InChI=1S/C17H26N2O3/c1-14-5-2-3-6-15(14)11-18-16(21)12-19-9-4-7-17(22,13-20)8-10-19/h2-3,5-6,20,22H,4,7-13H2,1H3,(H,18,21)/t17-/m1/s1. The van der Waals surface area contributed by atoms with Gasteiger partial charge in [0.25, 0.3) is 0 Å². The van der Waals surface area contributed by atoms with Gasteiger partial charge in [-0.05, 0) is 43.9 Å². The third kappa shape index (κ3) is 4.80. The van der Waals surface area contributed by atoms with Gasteiger partial charge in [-0.2, -0.15) is 0 Å². The van der Waals surface area contributed by atoms with Crippen molar-refractivity contribution in [2.45, 2.75) is 38.3 Å². The quantitative estimate of drug-likeness (QED) is 0.753. The van der Waals surface area contributed by atoms with Crippen molar-refractivity contribution in [3.8, 4) is 0 Å². The molecule has 1 aliphatic heterocycles. The third-order valence-corrected chi connectivity index (χ3v) is 4.41. The van der Waals surface area contributed by atoms with Crippen molar-refractivity contribution in [3.63, 3.8) is 0 Å². The Morgan fingerprint density at radius 2 is 2.09 bits per heavy atom. The topological polar surface area (TPSA) is 72.8 Å². The number of hydrogen-bond acceptors (Lipinski definition) is 4. The Balaban J connectivity index is 1.79. The number of likely N-dealkylation sites (tertiary alicyclic amines) is 1. The van der Waals surface area contributed by atoms with E-state index in [1.165, 1.54) is 5.56 Å². The van der Waals surface area contributed by atoms with E-state index in [2.05, 4.69) is 5.32 Å². The molecule has 0 aliphatic carbocycles. The number of hydrogen-bond donors (Lipinski definition) is 3. The molecule has 1 atom stereocenters. The monoisotopic (exact) mass is 306 g/mol. The van der Waals surface area contributed by atoms with E-state index in [4.69, 9.17) is 0 Å². The fraction of sp³-hybridized carbons (Fsp3) is 0.588. The molecule has 1 heterocycles. The molecule has 3 N–H and O–H groups in total. The maximum Gasteiger partial charge on any atom is 0.234 e. The SMILES string of the molecule is Cc1ccccc1CNC(=O)CN1CCC[C@](O)(CO)CC1. The molecule has 5 nitrogen and oxygen atoms in total. The van der Waals surface area contributed by atoms with Crippen LogP contribution in [-0.2, 0) is 11.3 Å². The number of benzene rings is 1. The van der Waals surface area contributed by atoms with Crippen molar-refractivity contribution in [3.05, 3.63) is 35.4 Å². The molecule has 0 radical (unpaired) electrons. The molecule has 1 aromatic carbocycles. The first-order valence-electron chi connectivity index (χ1n) is 7.89. The van der Waals surface area contributed by atoms with Crippen molar-refractivity contribution in [1.29, 1.82) is 0 Å². The zero-order valence-corrected chi connectivity index (χ0v) is 13.2. The van der Waals surface area contributed by atoms with Gasteiger partial charge in [0.15, 0.2) is 0 Å². The van der Waals surface area contributed by atoms with E-state index >= 15 is 0 Å². The van der Waals surface area contributed by atoms with Gasteiger partial charge in [0.2, 0.25) is 5.91 Å². The average Bonchev–Trinajstić information content (AvgIpc) is 2.69. The minimum Gasteiger partial charge on any atom is -0.393 e. The van der Waals surface area contributed by atoms with Crippen LogP contribution in [0.4, 0.5) is 0 Å². The first kappa shape index (κ1) is 16.9. The highest BCUT2D eigenvalue weighted by Gasteiger charge is 2.29. The largest absolute Gasteiger partial charge is 0.393 e. The van der Waals surface area contributed by atoms with Crippen LogP contribution in [0.1, 0.15) is 30.4 Å². The Labute approximate surface area is 131 Å². The second kappa shape index (κ2) is 7.72. The number of nitrogens with one attached hydrogen (secondary N) is 1. The lowest BCUT2D eigenvalue weighted by Gasteiger charge is -2.24. The van der Waals surface area contributed by atoms with Gasteiger partial charge in [-0.25, -0.2) is 0 Å². The zero-order valence-electron chi connectivity index (χ0n) is 13.2. The molecular weight excluding hydrogens is 280 g/mol. The van der Waals surface area contributed by atoms with E-state index < -0.39 is 5.60 Å². The number of carbonyl (C=O) groups is 1. The van der Waals surface area contributed by atoms with E-state index in [1.807, 2.05) is 36.1 Å². The van der Waals surface area contributed by atoms with Gasteiger partial charge in [-0.3, -0.25) is 9.69 Å². The summed E-state index contributed by atoms with van der Waals surface area (Å²) in [6, 6.07) is 8.01. The van der Waals surface area contributed by atoms with Gasteiger partial charge in [-0.15, -0.1) is 0 Å². The summed E-state index contributed by atoms with van der Waals surface area (Å²) in [5.41, 5.74) is 1.32. The first-order chi connectivity index (χ1) is 10.5. The van der Waals surface area contributed by atoms with Gasteiger partial charge < -0.3 is 15.5 Å². The highest BCUT2D eigenvalue weighted by molar-refractivity contribution is 5.78. The highest BCUT2D eigenvalue weighted by atomic mass is 16.3. The molecule has 0 bridgehead atoms. The summed E-state index contributed by atoms with van der Waals surface area (Å²) >= 11 is 0. The lowest BCUT2D eigenvalue weighted by molar-refractivity contribution is -0.122. The normalized spacial score (nSPS) is 23.0. The van der Waals surface area contributed by atoms with Gasteiger partial charge in [0.05, 0.1) is 18.8 Å². The predicted octanol–water partition coefficient (Wildman–Crippen LogP) is 0.821. The Kier molecular flexibility index (Phi) is 5.94. The Morgan fingerprint density at radius 1 is 1.32 bits per heavy atom. The minimum atomic E-state index is -0.980. The van der Waals surface area contributed by atoms with Crippen molar-refractivity contribution in [1.82, 2.24) is 10.2 Å². The molecule has 1 saturated heterocycles.